The van der Waals surface area contributed by atoms with E-state index in [-0.39, 0.29) is 0 Å². The minimum atomic E-state index is 0.564. The number of rotatable bonds is 16. The minimum Gasteiger partial charge on any atom is -0.486 e. The summed E-state index contributed by atoms with van der Waals surface area (Å²) in [5, 5.41) is 0. The van der Waals surface area contributed by atoms with Crippen LogP contribution < -0.4 is 4.74 Å². The van der Waals surface area contributed by atoms with E-state index in [0.29, 0.717) is 12.4 Å². The maximum atomic E-state index is 5.69. The van der Waals surface area contributed by atoms with Gasteiger partial charge in [-0.2, -0.15) is 0 Å². The fourth-order valence-corrected chi connectivity index (χ4v) is 3.16. The quantitative estimate of drug-likeness (QED) is 0.225. The van der Waals surface area contributed by atoms with E-state index in [0.717, 1.165) is 50.3 Å². The fourth-order valence-electron chi connectivity index (χ4n) is 3.16. The van der Waals surface area contributed by atoms with Crippen LogP contribution in [0.3, 0.4) is 0 Å². The molecule has 0 unspecified atom stereocenters. The van der Waals surface area contributed by atoms with Crippen LogP contribution in [-0.4, -0.2) is 29.8 Å². The zero-order valence-electron chi connectivity index (χ0n) is 18.8. The summed E-state index contributed by atoms with van der Waals surface area (Å²) >= 11 is 0. The standard InChI is InChI=1S/C26H38N2O2/c1-3-5-6-7-8-12-20-30-25-21-27-26(28-22-25)24-16-14-23(15-17-24)13-10-9-11-19-29-18-4-2/h8,12,14-17,21-22H,3-7,9-11,13,18-20H2,1-2H3. The van der Waals surface area contributed by atoms with Crippen molar-refractivity contribution in [2.24, 2.45) is 0 Å². The van der Waals surface area contributed by atoms with Gasteiger partial charge in [0.2, 0.25) is 0 Å². The summed E-state index contributed by atoms with van der Waals surface area (Å²) in [6, 6.07) is 8.57. The summed E-state index contributed by atoms with van der Waals surface area (Å²) in [5.41, 5.74) is 2.40. The lowest BCUT2D eigenvalue weighted by molar-refractivity contribution is 0.130. The van der Waals surface area contributed by atoms with Crippen LogP contribution in [0.15, 0.2) is 48.8 Å². The Hall–Kier alpha value is -2.20. The summed E-state index contributed by atoms with van der Waals surface area (Å²) in [6.45, 7) is 6.70. The molecule has 0 amide bonds. The Morgan fingerprint density at radius 3 is 2.33 bits per heavy atom. The minimum absolute atomic E-state index is 0.564. The van der Waals surface area contributed by atoms with Crippen LogP contribution in [0.25, 0.3) is 11.4 Å². The third-order valence-corrected chi connectivity index (χ3v) is 4.93. The van der Waals surface area contributed by atoms with Crippen molar-refractivity contribution in [3.05, 3.63) is 54.4 Å². The third kappa shape index (κ3) is 10.0. The van der Waals surface area contributed by atoms with Crippen LogP contribution in [0.4, 0.5) is 0 Å². The Labute approximate surface area is 182 Å². The second-order valence-corrected chi connectivity index (χ2v) is 7.64. The van der Waals surface area contributed by atoms with E-state index in [1.54, 1.807) is 12.4 Å². The maximum absolute atomic E-state index is 5.69. The monoisotopic (exact) mass is 410 g/mol. The molecule has 4 nitrogen and oxygen atoms in total. The molecule has 1 heterocycles. The normalized spacial score (nSPS) is 11.3. The average Bonchev–Trinajstić information content (AvgIpc) is 2.79. The molecule has 0 saturated heterocycles. The first kappa shape index (κ1) is 24.1. The van der Waals surface area contributed by atoms with Crippen molar-refractivity contribution < 1.29 is 9.47 Å². The lowest BCUT2D eigenvalue weighted by Gasteiger charge is -2.06. The number of hydrogen-bond acceptors (Lipinski definition) is 4. The highest BCUT2D eigenvalue weighted by Crippen LogP contribution is 2.18. The number of ether oxygens (including phenoxy) is 2. The first-order valence-corrected chi connectivity index (χ1v) is 11.6. The zero-order chi connectivity index (χ0) is 21.3. The van der Waals surface area contributed by atoms with Crippen LogP contribution in [0, 0.1) is 0 Å². The van der Waals surface area contributed by atoms with Gasteiger partial charge in [-0.3, -0.25) is 0 Å². The van der Waals surface area contributed by atoms with Gasteiger partial charge in [-0.25, -0.2) is 9.97 Å². The number of nitrogens with zero attached hydrogens (tertiary/aromatic N) is 2. The molecular formula is C26H38N2O2. The van der Waals surface area contributed by atoms with E-state index in [1.165, 1.54) is 37.7 Å². The number of aryl methyl sites for hydroxylation is 1. The van der Waals surface area contributed by atoms with E-state index >= 15 is 0 Å². The molecule has 4 heteroatoms. The van der Waals surface area contributed by atoms with Crippen LogP contribution in [0.5, 0.6) is 5.75 Å². The Morgan fingerprint density at radius 2 is 1.60 bits per heavy atom. The van der Waals surface area contributed by atoms with Gasteiger partial charge in [0.05, 0.1) is 12.4 Å². The molecule has 2 aromatic rings. The molecule has 0 saturated carbocycles. The number of hydrogen-bond donors (Lipinski definition) is 0. The van der Waals surface area contributed by atoms with Crippen LogP contribution in [0.2, 0.25) is 0 Å². The topological polar surface area (TPSA) is 44.2 Å². The Morgan fingerprint density at radius 1 is 0.800 bits per heavy atom. The molecule has 1 aromatic carbocycles. The van der Waals surface area contributed by atoms with Crippen molar-refractivity contribution in [1.82, 2.24) is 9.97 Å². The van der Waals surface area contributed by atoms with Gasteiger partial charge in [-0.15, -0.1) is 0 Å². The smallest absolute Gasteiger partial charge is 0.159 e. The van der Waals surface area contributed by atoms with Gasteiger partial charge in [0, 0.05) is 18.8 Å². The number of benzene rings is 1. The fraction of sp³-hybridized carbons (Fsp3) is 0.538. The van der Waals surface area contributed by atoms with Crippen LogP contribution in [-0.2, 0) is 11.2 Å². The second-order valence-electron chi connectivity index (χ2n) is 7.64. The Bertz CT molecular complexity index is 696. The zero-order valence-corrected chi connectivity index (χ0v) is 18.8. The van der Waals surface area contributed by atoms with Crippen molar-refractivity contribution in [2.45, 2.75) is 71.6 Å². The van der Waals surface area contributed by atoms with Gasteiger partial charge in [0.15, 0.2) is 11.6 Å². The van der Waals surface area contributed by atoms with E-state index in [9.17, 15) is 0 Å². The molecule has 0 radical (unpaired) electrons. The summed E-state index contributed by atoms with van der Waals surface area (Å²) in [6.07, 6.45) is 18.4. The maximum Gasteiger partial charge on any atom is 0.159 e. The van der Waals surface area contributed by atoms with Gasteiger partial charge in [0.25, 0.3) is 0 Å². The number of allylic oxidation sites excluding steroid dienone is 1. The van der Waals surface area contributed by atoms with E-state index in [1.807, 2.05) is 0 Å². The highest BCUT2D eigenvalue weighted by Gasteiger charge is 2.03. The molecule has 0 N–H and O–H groups in total. The van der Waals surface area contributed by atoms with Crippen molar-refractivity contribution >= 4 is 0 Å². The van der Waals surface area contributed by atoms with Crippen molar-refractivity contribution in [1.29, 1.82) is 0 Å². The van der Waals surface area contributed by atoms with Gasteiger partial charge in [-0.05, 0) is 44.1 Å². The van der Waals surface area contributed by atoms with E-state index in [4.69, 9.17) is 9.47 Å². The molecule has 0 aliphatic rings. The van der Waals surface area contributed by atoms with E-state index in [2.05, 4.69) is 60.2 Å². The number of unbranched alkanes of at least 4 members (excludes halogenated alkanes) is 5. The van der Waals surface area contributed by atoms with Crippen molar-refractivity contribution in [3.8, 4) is 17.1 Å². The van der Waals surface area contributed by atoms with Crippen LogP contribution >= 0.6 is 0 Å². The van der Waals surface area contributed by atoms with Crippen molar-refractivity contribution in [2.75, 3.05) is 19.8 Å². The highest BCUT2D eigenvalue weighted by atomic mass is 16.5. The first-order valence-electron chi connectivity index (χ1n) is 11.6. The highest BCUT2D eigenvalue weighted by molar-refractivity contribution is 5.55. The molecule has 30 heavy (non-hydrogen) atoms. The number of aromatic nitrogens is 2. The molecule has 1 aromatic heterocycles. The predicted octanol–water partition coefficient (Wildman–Crippen LogP) is 6.80. The predicted molar refractivity (Wildman–Crippen MR) is 125 cm³/mol. The molecule has 0 aliphatic carbocycles. The van der Waals surface area contributed by atoms with Gasteiger partial charge >= 0.3 is 0 Å². The third-order valence-electron chi connectivity index (χ3n) is 4.93. The van der Waals surface area contributed by atoms with Gasteiger partial charge in [-0.1, -0.05) is 69.5 Å². The second kappa shape index (κ2) is 15.6. The SMILES string of the molecule is CCCCCC=CCOc1cnc(-c2ccc(CCCCCOCCC)cc2)nc1. The molecule has 0 atom stereocenters. The lowest BCUT2D eigenvalue weighted by atomic mass is 10.0. The summed E-state index contributed by atoms with van der Waals surface area (Å²) in [7, 11) is 0. The molecule has 0 spiro atoms. The van der Waals surface area contributed by atoms with Gasteiger partial charge < -0.3 is 9.47 Å². The van der Waals surface area contributed by atoms with E-state index < -0.39 is 0 Å². The molecule has 164 valence electrons. The summed E-state index contributed by atoms with van der Waals surface area (Å²) < 4.78 is 11.2. The lowest BCUT2D eigenvalue weighted by Crippen LogP contribution is -1.97. The summed E-state index contributed by atoms with van der Waals surface area (Å²) in [5.74, 6) is 1.44. The molecule has 0 aliphatic heterocycles. The molecule has 2 rings (SSSR count). The first-order chi connectivity index (χ1) is 14.8. The Kier molecular flexibility index (Phi) is 12.5. The van der Waals surface area contributed by atoms with Gasteiger partial charge in [0.1, 0.15) is 6.61 Å². The molecule has 0 bridgehead atoms. The summed E-state index contributed by atoms with van der Waals surface area (Å²) in [4.78, 5) is 8.91. The Balaban J connectivity index is 1.69. The molecule has 0 fully saturated rings. The average molecular weight is 411 g/mol. The molecular weight excluding hydrogens is 372 g/mol. The largest absolute Gasteiger partial charge is 0.486 e. The van der Waals surface area contributed by atoms with Crippen molar-refractivity contribution in [3.63, 3.8) is 0 Å². The van der Waals surface area contributed by atoms with Crippen LogP contribution in [0.1, 0.15) is 70.8 Å².